The van der Waals surface area contributed by atoms with Gasteiger partial charge in [-0.2, -0.15) is 0 Å². The summed E-state index contributed by atoms with van der Waals surface area (Å²) in [5.41, 5.74) is 11.9. The van der Waals surface area contributed by atoms with Crippen molar-refractivity contribution in [1.29, 1.82) is 0 Å². The molecule has 0 radical (unpaired) electrons. The van der Waals surface area contributed by atoms with Crippen LogP contribution in [0.4, 0.5) is 11.4 Å². The summed E-state index contributed by atoms with van der Waals surface area (Å²) in [5.74, 6) is 0. The van der Waals surface area contributed by atoms with Gasteiger partial charge in [-0.05, 0) is 65.3 Å². The van der Waals surface area contributed by atoms with Crippen LogP contribution < -0.4 is 16.0 Å². The van der Waals surface area contributed by atoms with E-state index in [-0.39, 0.29) is 11.0 Å². The van der Waals surface area contributed by atoms with E-state index < -0.39 is 10.0 Å². The van der Waals surface area contributed by atoms with Gasteiger partial charge in [0.05, 0.1) is 6.26 Å². The fourth-order valence-corrected chi connectivity index (χ4v) is 4.01. The van der Waals surface area contributed by atoms with Gasteiger partial charge in [-0.15, -0.1) is 0 Å². The molecule has 1 aromatic heterocycles. The molecule has 0 amide bonds. The van der Waals surface area contributed by atoms with Gasteiger partial charge in [0.2, 0.25) is 10.0 Å². The molecule has 0 aliphatic heterocycles. The largest absolute Gasteiger partial charge is 0.398 e. The number of pyridine rings is 1. The Kier molecular flexibility index (Phi) is 6.27. The first-order chi connectivity index (χ1) is 14.4. The van der Waals surface area contributed by atoms with Gasteiger partial charge in [-0.25, -0.2) is 8.42 Å². The standard InChI is InChI=1S/C24H29N3O3S/c1-24(2,3)18-14-17(22(25)21(15-18)20-6-5-13-26-23(20)28)10-7-16-8-11-19(12-9-16)27-31(4,29)30/h5-6,8-9,11-15,27H,7,10,25H2,1-4H3,(H,26,28). The number of aryl methyl sites for hydroxylation is 2. The summed E-state index contributed by atoms with van der Waals surface area (Å²) in [6.45, 7) is 6.40. The molecule has 4 N–H and O–H groups in total. The third kappa shape index (κ3) is 5.76. The van der Waals surface area contributed by atoms with Crippen LogP contribution in [-0.4, -0.2) is 19.7 Å². The maximum atomic E-state index is 12.4. The lowest BCUT2D eigenvalue weighted by Crippen LogP contribution is -2.15. The minimum atomic E-state index is -3.30. The number of nitrogens with one attached hydrogen (secondary N) is 2. The molecule has 7 heteroatoms. The average Bonchev–Trinajstić information content (AvgIpc) is 2.67. The molecule has 0 fully saturated rings. The minimum absolute atomic E-state index is 0.0995. The molecule has 31 heavy (non-hydrogen) atoms. The smallest absolute Gasteiger partial charge is 0.255 e. The van der Waals surface area contributed by atoms with E-state index in [1.165, 1.54) is 0 Å². The van der Waals surface area contributed by atoms with Crippen LogP contribution in [0, 0.1) is 0 Å². The highest BCUT2D eigenvalue weighted by molar-refractivity contribution is 7.92. The molecule has 3 aromatic rings. The van der Waals surface area contributed by atoms with Crippen LogP contribution in [0.15, 0.2) is 59.5 Å². The normalized spacial score (nSPS) is 12.0. The van der Waals surface area contributed by atoms with Crippen LogP contribution >= 0.6 is 0 Å². The lowest BCUT2D eigenvalue weighted by atomic mass is 9.83. The molecule has 3 rings (SSSR count). The number of anilines is 2. The SMILES string of the molecule is CC(C)(C)c1cc(CCc2ccc(NS(C)(=O)=O)cc2)c(N)c(-c2ccc[nH]c2=O)c1. The van der Waals surface area contributed by atoms with Gasteiger partial charge in [0, 0.05) is 28.7 Å². The molecular formula is C24H29N3O3S. The summed E-state index contributed by atoms with van der Waals surface area (Å²) in [6, 6.07) is 15.0. The highest BCUT2D eigenvalue weighted by Gasteiger charge is 2.19. The van der Waals surface area contributed by atoms with Crippen molar-refractivity contribution in [2.24, 2.45) is 0 Å². The van der Waals surface area contributed by atoms with Crippen LogP contribution in [0.1, 0.15) is 37.5 Å². The summed E-state index contributed by atoms with van der Waals surface area (Å²) in [4.78, 5) is 15.1. The van der Waals surface area contributed by atoms with Crippen molar-refractivity contribution in [3.05, 3.63) is 81.8 Å². The van der Waals surface area contributed by atoms with Crippen molar-refractivity contribution < 1.29 is 8.42 Å². The second kappa shape index (κ2) is 8.59. The Hall–Kier alpha value is -3.06. The Balaban J connectivity index is 1.93. The number of rotatable bonds is 6. The molecule has 1 heterocycles. The van der Waals surface area contributed by atoms with Crippen molar-refractivity contribution in [2.45, 2.75) is 39.0 Å². The van der Waals surface area contributed by atoms with E-state index in [0.29, 0.717) is 23.4 Å². The fraction of sp³-hybridized carbons (Fsp3) is 0.292. The molecule has 0 aliphatic rings. The number of benzene rings is 2. The van der Waals surface area contributed by atoms with Crippen LogP contribution in [0.25, 0.3) is 11.1 Å². The summed E-state index contributed by atoms with van der Waals surface area (Å²) < 4.78 is 25.2. The van der Waals surface area contributed by atoms with Crippen LogP contribution in [0.2, 0.25) is 0 Å². The molecule has 2 aromatic carbocycles. The number of hydrogen-bond acceptors (Lipinski definition) is 4. The fourth-order valence-electron chi connectivity index (χ4n) is 3.44. The van der Waals surface area contributed by atoms with Crippen molar-refractivity contribution in [3.8, 4) is 11.1 Å². The van der Waals surface area contributed by atoms with Crippen LogP contribution in [0.5, 0.6) is 0 Å². The first kappa shape index (κ1) is 22.6. The van der Waals surface area contributed by atoms with Crippen LogP contribution in [-0.2, 0) is 28.3 Å². The Bertz CT molecular complexity index is 1240. The van der Waals surface area contributed by atoms with Crippen molar-refractivity contribution >= 4 is 21.4 Å². The second-order valence-electron chi connectivity index (χ2n) is 8.83. The summed E-state index contributed by atoms with van der Waals surface area (Å²) in [5, 5.41) is 0. The van der Waals surface area contributed by atoms with E-state index in [2.05, 4.69) is 36.5 Å². The molecule has 0 spiro atoms. The van der Waals surface area contributed by atoms with E-state index in [0.717, 1.165) is 34.9 Å². The number of aromatic nitrogens is 1. The highest BCUT2D eigenvalue weighted by atomic mass is 32.2. The quantitative estimate of drug-likeness (QED) is 0.503. The average molecular weight is 440 g/mol. The first-order valence-corrected chi connectivity index (χ1v) is 12.0. The van der Waals surface area contributed by atoms with E-state index in [1.807, 2.05) is 18.2 Å². The van der Waals surface area contributed by atoms with Gasteiger partial charge in [0.15, 0.2) is 0 Å². The second-order valence-corrected chi connectivity index (χ2v) is 10.6. The molecule has 6 nitrogen and oxygen atoms in total. The number of sulfonamides is 1. The Morgan fingerprint density at radius 3 is 2.26 bits per heavy atom. The predicted molar refractivity (Wildman–Crippen MR) is 128 cm³/mol. The molecule has 0 atom stereocenters. The van der Waals surface area contributed by atoms with E-state index in [9.17, 15) is 13.2 Å². The number of nitrogen functional groups attached to an aromatic ring is 1. The monoisotopic (exact) mass is 439 g/mol. The molecule has 0 aliphatic carbocycles. The van der Waals surface area contributed by atoms with Gasteiger partial charge in [-0.1, -0.05) is 39.0 Å². The molecule has 0 bridgehead atoms. The molecule has 164 valence electrons. The third-order valence-electron chi connectivity index (χ3n) is 5.18. The Morgan fingerprint density at radius 2 is 1.68 bits per heavy atom. The number of H-pyrrole nitrogens is 1. The molecule has 0 saturated carbocycles. The van der Waals surface area contributed by atoms with Crippen LogP contribution in [0.3, 0.4) is 0 Å². The van der Waals surface area contributed by atoms with E-state index in [4.69, 9.17) is 5.73 Å². The lowest BCUT2D eigenvalue weighted by Gasteiger charge is -2.23. The van der Waals surface area contributed by atoms with Crippen molar-refractivity contribution in [1.82, 2.24) is 4.98 Å². The highest BCUT2D eigenvalue weighted by Crippen LogP contribution is 2.34. The minimum Gasteiger partial charge on any atom is -0.398 e. The van der Waals surface area contributed by atoms with Crippen molar-refractivity contribution in [3.63, 3.8) is 0 Å². The molecular weight excluding hydrogens is 410 g/mol. The molecule has 0 saturated heterocycles. The van der Waals surface area contributed by atoms with E-state index in [1.54, 1.807) is 30.5 Å². The first-order valence-electron chi connectivity index (χ1n) is 10.1. The summed E-state index contributed by atoms with van der Waals surface area (Å²) >= 11 is 0. The maximum absolute atomic E-state index is 12.4. The number of hydrogen-bond donors (Lipinski definition) is 3. The zero-order chi connectivity index (χ0) is 22.8. The summed E-state index contributed by atoms with van der Waals surface area (Å²) in [7, 11) is -3.30. The predicted octanol–water partition coefficient (Wildman–Crippen LogP) is 4.08. The number of aromatic amines is 1. The van der Waals surface area contributed by atoms with Gasteiger partial charge >= 0.3 is 0 Å². The van der Waals surface area contributed by atoms with E-state index >= 15 is 0 Å². The third-order valence-corrected chi connectivity index (χ3v) is 5.79. The van der Waals surface area contributed by atoms with Gasteiger partial charge < -0.3 is 10.7 Å². The van der Waals surface area contributed by atoms with Gasteiger partial charge in [-0.3, -0.25) is 9.52 Å². The lowest BCUT2D eigenvalue weighted by molar-refractivity contribution is 0.589. The van der Waals surface area contributed by atoms with Gasteiger partial charge in [0.25, 0.3) is 5.56 Å². The Labute approximate surface area is 183 Å². The molecule has 0 unspecified atom stereocenters. The van der Waals surface area contributed by atoms with Gasteiger partial charge in [0.1, 0.15) is 0 Å². The number of nitrogens with two attached hydrogens (primary N) is 1. The van der Waals surface area contributed by atoms with Crippen molar-refractivity contribution in [2.75, 3.05) is 16.7 Å². The maximum Gasteiger partial charge on any atom is 0.255 e. The zero-order valence-corrected chi connectivity index (χ0v) is 19.1. The topological polar surface area (TPSA) is 105 Å². The zero-order valence-electron chi connectivity index (χ0n) is 18.3. The Morgan fingerprint density at radius 1 is 1.00 bits per heavy atom. The summed E-state index contributed by atoms with van der Waals surface area (Å²) in [6.07, 6.45) is 4.17.